The highest BCUT2D eigenvalue weighted by Gasteiger charge is 2.24. The number of rotatable bonds is 6. The minimum Gasteiger partial charge on any atom is -0.352 e. The zero-order valence-electron chi connectivity index (χ0n) is 12.0. The second-order valence-electron chi connectivity index (χ2n) is 5.72. The molecule has 1 aromatic rings. The number of nitrogens with zero attached hydrogens (tertiary/aromatic N) is 3. The molecule has 1 heterocycles. The number of hydrogen-bond donors (Lipinski definition) is 2. The molecular formula is C14H25N5. The Hall–Kier alpha value is -1.36. The molecule has 5 nitrogen and oxygen atoms in total. The number of nitrogens with two attached hydrogens (primary N) is 1. The SMILES string of the molecule is CC(C)CCN(c1cncc(NN)n1)C1CCCC1. The molecule has 106 valence electrons. The summed E-state index contributed by atoms with van der Waals surface area (Å²) in [7, 11) is 0. The van der Waals surface area contributed by atoms with Gasteiger partial charge in [-0.2, -0.15) is 0 Å². The standard InChI is InChI=1S/C14H25N5/c1-11(2)7-8-19(12-5-3-4-6-12)14-10-16-9-13(17-14)18-15/h9-12H,3-8,15H2,1-2H3,(H,17,18). The summed E-state index contributed by atoms with van der Waals surface area (Å²) in [5.74, 6) is 7.70. The number of nitrogens with one attached hydrogen (secondary N) is 1. The van der Waals surface area contributed by atoms with Crippen LogP contribution in [-0.4, -0.2) is 22.6 Å². The number of aromatic nitrogens is 2. The Labute approximate surface area is 115 Å². The van der Waals surface area contributed by atoms with Crippen LogP contribution in [0, 0.1) is 5.92 Å². The fraction of sp³-hybridized carbons (Fsp3) is 0.714. The van der Waals surface area contributed by atoms with E-state index < -0.39 is 0 Å². The highest BCUT2D eigenvalue weighted by molar-refractivity contribution is 5.44. The van der Waals surface area contributed by atoms with Crippen molar-refractivity contribution in [2.75, 3.05) is 16.9 Å². The van der Waals surface area contributed by atoms with Crippen LogP contribution in [0.25, 0.3) is 0 Å². The number of anilines is 2. The maximum Gasteiger partial charge on any atom is 0.160 e. The van der Waals surface area contributed by atoms with Gasteiger partial charge < -0.3 is 10.3 Å². The van der Waals surface area contributed by atoms with Crippen LogP contribution in [0.2, 0.25) is 0 Å². The molecule has 0 atom stereocenters. The average molecular weight is 263 g/mol. The van der Waals surface area contributed by atoms with E-state index >= 15 is 0 Å². The summed E-state index contributed by atoms with van der Waals surface area (Å²) in [5.41, 5.74) is 2.58. The molecule has 0 unspecified atom stereocenters. The third kappa shape index (κ3) is 3.80. The maximum absolute atomic E-state index is 5.42. The second-order valence-corrected chi connectivity index (χ2v) is 5.72. The Balaban J connectivity index is 2.14. The Morgan fingerprint density at radius 2 is 2.11 bits per heavy atom. The van der Waals surface area contributed by atoms with Gasteiger partial charge in [-0.25, -0.2) is 10.8 Å². The molecule has 0 saturated heterocycles. The van der Waals surface area contributed by atoms with Gasteiger partial charge in [0.2, 0.25) is 0 Å². The van der Waals surface area contributed by atoms with Gasteiger partial charge in [0.25, 0.3) is 0 Å². The molecule has 0 bridgehead atoms. The predicted molar refractivity (Wildman–Crippen MR) is 78.9 cm³/mol. The molecule has 0 radical (unpaired) electrons. The number of hydrazine groups is 1. The molecule has 1 aromatic heterocycles. The van der Waals surface area contributed by atoms with Crippen LogP contribution >= 0.6 is 0 Å². The van der Waals surface area contributed by atoms with E-state index in [0.29, 0.717) is 17.8 Å². The monoisotopic (exact) mass is 263 g/mol. The van der Waals surface area contributed by atoms with E-state index in [-0.39, 0.29) is 0 Å². The molecule has 19 heavy (non-hydrogen) atoms. The lowest BCUT2D eigenvalue weighted by atomic mass is 10.1. The normalized spacial score (nSPS) is 16.0. The second kappa shape index (κ2) is 6.70. The summed E-state index contributed by atoms with van der Waals surface area (Å²) in [6, 6.07) is 0.612. The first-order chi connectivity index (χ1) is 9.20. The molecule has 0 aliphatic heterocycles. The largest absolute Gasteiger partial charge is 0.352 e. The molecule has 1 saturated carbocycles. The zero-order valence-corrected chi connectivity index (χ0v) is 12.0. The maximum atomic E-state index is 5.42. The van der Waals surface area contributed by atoms with Crippen molar-refractivity contribution < 1.29 is 0 Å². The first-order valence-corrected chi connectivity index (χ1v) is 7.26. The average Bonchev–Trinajstić information content (AvgIpc) is 2.93. The van der Waals surface area contributed by atoms with Crippen molar-refractivity contribution >= 4 is 11.6 Å². The molecule has 0 amide bonds. The summed E-state index contributed by atoms with van der Waals surface area (Å²) < 4.78 is 0. The minimum absolute atomic E-state index is 0.612. The molecule has 1 aliphatic carbocycles. The highest BCUT2D eigenvalue weighted by Crippen LogP contribution is 2.28. The molecule has 1 fully saturated rings. The molecule has 1 aliphatic rings. The minimum atomic E-state index is 0.612. The van der Waals surface area contributed by atoms with Gasteiger partial charge in [-0.3, -0.25) is 4.98 Å². The fourth-order valence-corrected chi connectivity index (χ4v) is 2.66. The van der Waals surface area contributed by atoms with Crippen LogP contribution in [0.1, 0.15) is 46.0 Å². The molecule has 0 aromatic carbocycles. The van der Waals surface area contributed by atoms with Crippen molar-refractivity contribution in [2.24, 2.45) is 11.8 Å². The van der Waals surface area contributed by atoms with E-state index in [0.717, 1.165) is 12.4 Å². The van der Waals surface area contributed by atoms with Crippen LogP contribution in [0.4, 0.5) is 11.6 Å². The van der Waals surface area contributed by atoms with Gasteiger partial charge in [0.05, 0.1) is 12.4 Å². The van der Waals surface area contributed by atoms with E-state index in [1.807, 2.05) is 6.20 Å². The van der Waals surface area contributed by atoms with Gasteiger partial charge in [0.1, 0.15) is 5.82 Å². The predicted octanol–water partition coefficient (Wildman–Crippen LogP) is 2.56. The van der Waals surface area contributed by atoms with Crippen LogP contribution in [0.3, 0.4) is 0 Å². The van der Waals surface area contributed by atoms with Crippen molar-refractivity contribution in [3.8, 4) is 0 Å². The topological polar surface area (TPSA) is 67.1 Å². The lowest BCUT2D eigenvalue weighted by Gasteiger charge is -2.30. The van der Waals surface area contributed by atoms with E-state index in [1.54, 1.807) is 6.20 Å². The van der Waals surface area contributed by atoms with Gasteiger partial charge in [-0.15, -0.1) is 0 Å². The van der Waals surface area contributed by atoms with Gasteiger partial charge in [-0.05, 0) is 25.2 Å². The summed E-state index contributed by atoms with van der Waals surface area (Å²) in [6.45, 7) is 5.57. The summed E-state index contributed by atoms with van der Waals surface area (Å²) in [6.07, 6.45) is 9.85. The van der Waals surface area contributed by atoms with Crippen molar-refractivity contribution in [1.29, 1.82) is 0 Å². The van der Waals surface area contributed by atoms with Crippen molar-refractivity contribution in [3.63, 3.8) is 0 Å². The van der Waals surface area contributed by atoms with E-state index in [1.165, 1.54) is 32.1 Å². The lowest BCUT2D eigenvalue weighted by molar-refractivity contribution is 0.524. The third-order valence-corrected chi connectivity index (χ3v) is 3.78. The Morgan fingerprint density at radius 1 is 1.37 bits per heavy atom. The molecule has 5 heteroatoms. The van der Waals surface area contributed by atoms with Crippen molar-refractivity contribution in [2.45, 2.75) is 52.0 Å². The van der Waals surface area contributed by atoms with Gasteiger partial charge in [-0.1, -0.05) is 26.7 Å². The highest BCUT2D eigenvalue weighted by atomic mass is 15.3. The lowest BCUT2D eigenvalue weighted by Crippen LogP contribution is -2.35. The number of nitrogen functional groups attached to an aromatic ring is 1. The van der Waals surface area contributed by atoms with Gasteiger partial charge in [0.15, 0.2) is 5.82 Å². The summed E-state index contributed by atoms with van der Waals surface area (Å²) in [5, 5.41) is 0. The Morgan fingerprint density at radius 3 is 2.74 bits per heavy atom. The molecular weight excluding hydrogens is 238 g/mol. The summed E-state index contributed by atoms with van der Waals surface area (Å²) >= 11 is 0. The van der Waals surface area contributed by atoms with E-state index in [2.05, 4.69) is 34.1 Å². The van der Waals surface area contributed by atoms with Crippen LogP contribution in [0.5, 0.6) is 0 Å². The van der Waals surface area contributed by atoms with E-state index in [4.69, 9.17) is 5.84 Å². The molecule has 2 rings (SSSR count). The summed E-state index contributed by atoms with van der Waals surface area (Å²) in [4.78, 5) is 11.2. The van der Waals surface area contributed by atoms with Gasteiger partial charge >= 0.3 is 0 Å². The smallest absolute Gasteiger partial charge is 0.160 e. The molecule has 3 N–H and O–H groups in total. The van der Waals surface area contributed by atoms with Crippen LogP contribution in [0.15, 0.2) is 12.4 Å². The first kappa shape index (κ1) is 14.1. The van der Waals surface area contributed by atoms with Crippen LogP contribution in [-0.2, 0) is 0 Å². The van der Waals surface area contributed by atoms with E-state index in [9.17, 15) is 0 Å². The van der Waals surface area contributed by atoms with Crippen molar-refractivity contribution in [3.05, 3.63) is 12.4 Å². The number of hydrogen-bond acceptors (Lipinski definition) is 5. The molecule has 0 spiro atoms. The zero-order chi connectivity index (χ0) is 13.7. The quantitative estimate of drug-likeness (QED) is 0.610. The first-order valence-electron chi connectivity index (χ1n) is 7.26. The van der Waals surface area contributed by atoms with Crippen LogP contribution < -0.4 is 16.2 Å². The van der Waals surface area contributed by atoms with Crippen molar-refractivity contribution in [1.82, 2.24) is 9.97 Å². The van der Waals surface area contributed by atoms with Gasteiger partial charge in [0, 0.05) is 12.6 Å². The Kier molecular flexibility index (Phi) is 4.96. The fourth-order valence-electron chi connectivity index (χ4n) is 2.66. The third-order valence-electron chi connectivity index (χ3n) is 3.78. The Bertz CT molecular complexity index is 387.